The largest absolute Gasteiger partial charge is 0.496 e. The lowest BCUT2D eigenvalue weighted by Gasteiger charge is -2.25. The Kier molecular flexibility index (Phi) is 6.06. The van der Waals surface area contributed by atoms with Gasteiger partial charge in [0.15, 0.2) is 0 Å². The molecule has 0 bridgehead atoms. The standard InChI is InChI=1S/C26H27N3O5S/c1-26(2,3)21-12-16(18-7-6-10-27-24(18)30)11-20(23(21)34-4)22-13-15-8-9-17(29-35(5,32)33)14-19(15)25(31)28-22/h6-14,29H,1-5H3,(H,27,30)(H,28,31). The van der Waals surface area contributed by atoms with Crippen molar-refractivity contribution in [2.75, 3.05) is 18.1 Å². The van der Waals surface area contributed by atoms with Crippen molar-refractivity contribution in [1.29, 1.82) is 0 Å². The van der Waals surface area contributed by atoms with Crippen LogP contribution >= 0.6 is 0 Å². The Morgan fingerprint density at radius 1 is 0.943 bits per heavy atom. The molecule has 2 aromatic carbocycles. The second-order valence-electron chi connectivity index (χ2n) is 9.46. The Morgan fingerprint density at radius 2 is 1.69 bits per heavy atom. The van der Waals surface area contributed by atoms with Crippen LogP contribution in [0.4, 0.5) is 5.69 Å². The van der Waals surface area contributed by atoms with E-state index in [9.17, 15) is 18.0 Å². The maximum absolute atomic E-state index is 13.1. The first-order chi connectivity index (χ1) is 16.4. The normalized spacial score (nSPS) is 12.0. The molecule has 0 saturated carbocycles. The average Bonchev–Trinajstić information content (AvgIpc) is 2.77. The summed E-state index contributed by atoms with van der Waals surface area (Å²) in [5.41, 5.74) is 2.61. The van der Waals surface area contributed by atoms with Gasteiger partial charge >= 0.3 is 0 Å². The molecule has 0 spiro atoms. The van der Waals surface area contributed by atoms with Crippen molar-refractivity contribution in [2.45, 2.75) is 26.2 Å². The minimum atomic E-state index is -3.48. The highest BCUT2D eigenvalue weighted by Gasteiger charge is 2.24. The first-order valence-corrected chi connectivity index (χ1v) is 12.8. The van der Waals surface area contributed by atoms with Gasteiger partial charge in [-0.3, -0.25) is 14.3 Å². The molecule has 0 radical (unpaired) electrons. The fourth-order valence-corrected chi connectivity index (χ4v) is 4.65. The molecule has 35 heavy (non-hydrogen) atoms. The van der Waals surface area contributed by atoms with Crippen LogP contribution in [0, 0.1) is 0 Å². The van der Waals surface area contributed by atoms with E-state index >= 15 is 0 Å². The topological polar surface area (TPSA) is 121 Å². The third-order valence-electron chi connectivity index (χ3n) is 5.67. The molecule has 9 heteroatoms. The van der Waals surface area contributed by atoms with Crippen molar-refractivity contribution in [1.82, 2.24) is 9.97 Å². The van der Waals surface area contributed by atoms with Gasteiger partial charge < -0.3 is 14.7 Å². The molecule has 3 N–H and O–H groups in total. The second kappa shape index (κ2) is 8.74. The van der Waals surface area contributed by atoms with Crippen LogP contribution in [0.25, 0.3) is 33.2 Å². The smallest absolute Gasteiger partial charge is 0.256 e. The molecule has 0 unspecified atom stereocenters. The van der Waals surface area contributed by atoms with Gasteiger partial charge in [-0.15, -0.1) is 0 Å². The molecule has 2 heterocycles. The summed E-state index contributed by atoms with van der Waals surface area (Å²) in [6, 6.07) is 13.9. The molecule has 0 aliphatic rings. The van der Waals surface area contributed by atoms with Crippen molar-refractivity contribution in [3.8, 4) is 28.1 Å². The van der Waals surface area contributed by atoms with Gasteiger partial charge in [-0.25, -0.2) is 8.42 Å². The number of fused-ring (bicyclic) bond motifs is 1. The monoisotopic (exact) mass is 493 g/mol. The molecule has 4 aromatic rings. The summed E-state index contributed by atoms with van der Waals surface area (Å²) < 4.78 is 31.4. The number of pyridine rings is 2. The van der Waals surface area contributed by atoms with Gasteiger partial charge in [-0.05, 0) is 58.8 Å². The Labute approximate surface area is 203 Å². The Balaban J connectivity index is 1.99. The van der Waals surface area contributed by atoms with Gasteiger partial charge in [0, 0.05) is 34.0 Å². The lowest BCUT2D eigenvalue weighted by Crippen LogP contribution is -2.16. The summed E-state index contributed by atoms with van der Waals surface area (Å²) in [6.45, 7) is 6.15. The first kappa shape index (κ1) is 24.3. The van der Waals surface area contributed by atoms with E-state index < -0.39 is 10.0 Å². The predicted molar refractivity (Wildman–Crippen MR) is 140 cm³/mol. The third-order valence-corrected chi connectivity index (χ3v) is 6.28. The van der Waals surface area contributed by atoms with E-state index in [-0.39, 0.29) is 16.5 Å². The van der Waals surface area contributed by atoms with E-state index in [1.54, 1.807) is 37.6 Å². The minimum absolute atomic E-state index is 0.221. The van der Waals surface area contributed by atoms with Crippen LogP contribution in [0.15, 0.2) is 64.3 Å². The number of rotatable bonds is 5. The highest BCUT2D eigenvalue weighted by molar-refractivity contribution is 7.92. The number of anilines is 1. The van der Waals surface area contributed by atoms with E-state index in [2.05, 4.69) is 14.7 Å². The number of benzene rings is 2. The van der Waals surface area contributed by atoms with E-state index in [4.69, 9.17) is 4.74 Å². The number of ether oxygens (including phenoxy) is 1. The molecule has 2 aromatic heterocycles. The van der Waals surface area contributed by atoms with Crippen molar-refractivity contribution in [3.63, 3.8) is 0 Å². The molecule has 0 atom stereocenters. The molecule has 8 nitrogen and oxygen atoms in total. The lowest BCUT2D eigenvalue weighted by atomic mass is 9.82. The molecular formula is C26H27N3O5S. The zero-order valence-electron chi connectivity index (χ0n) is 20.1. The molecule has 4 rings (SSSR count). The fourth-order valence-electron chi connectivity index (χ4n) is 4.09. The van der Waals surface area contributed by atoms with E-state index in [1.807, 2.05) is 39.0 Å². The number of aromatic nitrogens is 2. The maximum Gasteiger partial charge on any atom is 0.256 e. The summed E-state index contributed by atoms with van der Waals surface area (Å²) in [6.07, 6.45) is 2.63. The Morgan fingerprint density at radius 3 is 2.31 bits per heavy atom. The number of hydrogen-bond donors (Lipinski definition) is 3. The van der Waals surface area contributed by atoms with Gasteiger partial charge in [0.2, 0.25) is 10.0 Å². The highest BCUT2D eigenvalue weighted by Crippen LogP contribution is 2.42. The van der Waals surface area contributed by atoms with Gasteiger partial charge in [0.25, 0.3) is 11.1 Å². The van der Waals surface area contributed by atoms with E-state index in [0.29, 0.717) is 44.6 Å². The summed E-state index contributed by atoms with van der Waals surface area (Å²) in [5.74, 6) is 0.596. The predicted octanol–water partition coefficient (Wildman–Crippen LogP) is 4.23. The van der Waals surface area contributed by atoms with Crippen molar-refractivity contribution >= 4 is 26.5 Å². The van der Waals surface area contributed by atoms with Crippen LogP contribution < -0.4 is 20.6 Å². The number of sulfonamides is 1. The summed E-state index contributed by atoms with van der Waals surface area (Å²) >= 11 is 0. The van der Waals surface area contributed by atoms with Crippen LogP contribution in [-0.2, 0) is 15.4 Å². The number of H-pyrrole nitrogens is 2. The average molecular weight is 494 g/mol. The van der Waals surface area contributed by atoms with Crippen LogP contribution in [0.1, 0.15) is 26.3 Å². The van der Waals surface area contributed by atoms with Crippen molar-refractivity contribution < 1.29 is 13.2 Å². The lowest BCUT2D eigenvalue weighted by molar-refractivity contribution is 0.399. The molecule has 0 fully saturated rings. The summed E-state index contributed by atoms with van der Waals surface area (Å²) in [4.78, 5) is 31.2. The van der Waals surface area contributed by atoms with Crippen LogP contribution in [0.3, 0.4) is 0 Å². The number of aromatic amines is 2. The second-order valence-corrected chi connectivity index (χ2v) is 11.2. The number of hydrogen-bond acceptors (Lipinski definition) is 5. The molecular weight excluding hydrogens is 466 g/mol. The molecule has 0 saturated heterocycles. The Hall–Kier alpha value is -3.85. The molecule has 182 valence electrons. The summed E-state index contributed by atoms with van der Waals surface area (Å²) in [7, 11) is -1.90. The first-order valence-electron chi connectivity index (χ1n) is 10.9. The van der Waals surface area contributed by atoms with Gasteiger partial charge in [-0.2, -0.15) is 0 Å². The zero-order chi connectivity index (χ0) is 25.5. The minimum Gasteiger partial charge on any atom is -0.496 e. The Bertz CT molecular complexity index is 1660. The number of nitrogens with one attached hydrogen (secondary N) is 3. The number of methoxy groups -OCH3 is 1. The van der Waals surface area contributed by atoms with Crippen molar-refractivity contribution in [3.05, 3.63) is 81.0 Å². The van der Waals surface area contributed by atoms with Gasteiger partial charge in [0.1, 0.15) is 5.75 Å². The van der Waals surface area contributed by atoms with Crippen molar-refractivity contribution in [2.24, 2.45) is 0 Å². The fraction of sp³-hybridized carbons (Fsp3) is 0.231. The third kappa shape index (κ3) is 5.00. The van der Waals surface area contributed by atoms with Gasteiger partial charge in [0.05, 0.1) is 19.1 Å². The maximum atomic E-state index is 13.1. The van der Waals surface area contributed by atoms with Gasteiger partial charge in [-0.1, -0.05) is 26.8 Å². The SMILES string of the molecule is COc1c(-c2cc3ccc(NS(C)(=O)=O)cc3c(=O)[nH]2)cc(-c2ccc[nH]c2=O)cc1C(C)(C)C. The molecule has 0 aliphatic carbocycles. The van der Waals surface area contributed by atoms with E-state index in [0.717, 1.165) is 11.8 Å². The summed E-state index contributed by atoms with van der Waals surface area (Å²) in [5, 5.41) is 0.971. The molecule has 0 aliphatic heterocycles. The van der Waals surface area contributed by atoms with Crippen LogP contribution in [0.5, 0.6) is 5.75 Å². The quantitative estimate of drug-likeness (QED) is 0.384. The molecule has 0 amide bonds. The zero-order valence-corrected chi connectivity index (χ0v) is 21.0. The highest BCUT2D eigenvalue weighted by atomic mass is 32.2. The van der Waals surface area contributed by atoms with E-state index in [1.165, 1.54) is 6.07 Å². The van der Waals surface area contributed by atoms with Crippen LogP contribution in [-0.4, -0.2) is 31.8 Å². The van der Waals surface area contributed by atoms with Crippen LogP contribution in [0.2, 0.25) is 0 Å².